The van der Waals surface area contributed by atoms with Crippen molar-refractivity contribution in [2.75, 3.05) is 30.9 Å². The van der Waals surface area contributed by atoms with E-state index < -0.39 is 0 Å². The summed E-state index contributed by atoms with van der Waals surface area (Å²) in [5.41, 5.74) is 2.01. The molecule has 0 saturated heterocycles. The lowest BCUT2D eigenvalue weighted by atomic mass is 10.3. The van der Waals surface area contributed by atoms with Crippen LogP contribution >= 0.6 is 0 Å². The molecule has 15 heavy (non-hydrogen) atoms. The molecule has 0 aliphatic carbocycles. The molecule has 0 fully saturated rings. The average molecular weight is 209 g/mol. The van der Waals surface area contributed by atoms with Gasteiger partial charge in [-0.05, 0) is 19.9 Å². The zero-order chi connectivity index (χ0) is 11.1. The minimum Gasteiger partial charge on any atom is -0.387 e. The lowest BCUT2D eigenvalue weighted by Crippen LogP contribution is -2.21. The van der Waals surface area contributed by atoms with Crippen LogP contribution in [0.15, 0.2) is 18.5 Å². The predicted molar refractivity (Wildman–Crippen MR) is 63.4 cm³/mol. The highest BCUT2D eigenvalue weighted by Crippen LogP contribution is 2.12. The van der Waals surface area contributed by atoms with Gasteiger partial charge in [0.25, 0.3) is 0 Å². The average Bonchev–Trinajstić information content (AvgIpc) is 2.26. The van der Waals surface area contributed by atoms with E-state index in [0.717, 1.165) is 18.0 Å². The van der Waals surface area contributed by atoms with Gasteiger partial charge in [-0.3, -0.25) is 4.98 Å². The van der Waals surface area contributed by atoms with Gasteiger partial charge in [0.15, 0.2) is 0 Å². The highest BCUT2D eigenvalue weighted by molar-refractivity contribution is 5.53. The molecular formula is C11H19N3O. The van der Waals surface area contributed by atoms with Crippen LogP contribution in [0.5, 0.6) is 0 Å². The van der Waals surface area contributed by atoms with E-state index >= 15 is 0 Å². The van der Waals surface area contributed by atoms with E-state index in [2.05, 4.69) is 22.5 Å². The van der Waals surface area contributed by atoms with Crippen molar-refractivity contribution >= 4 is 11.4 Å². The van der Waals surface area contributed by atoms with Crippen LogP contribution in [0.4, 0.5) is 11.4 Å². The third kappa shape index (κ3) is 4.16. The fourth-order valence-corrected chi connectivity index (χ4v) is 1.28. The zero-order valence-electron chi connectivity index (χ0n) is 9.58. The maximum Gasteiger partial charge on any atom is 0.0664 e. The third-order valence-electron chi connectivity index (χ3n) is 2.01. The standard InChI is InChI=1S/C11H19N3O/c1-4-15-8-9(2)14-11-5-10(12-3)6-13-7-11/h5-7,9,12,14H,4,8H2,1-3H3. The molecule has 0 aliphatic heterocycles. The molecule has 2 N–H and O–H groups in total. The molecule has 0 saturated carbocycles. The first-order chi connectivity index (χ1) is 7.26. The van der Waals surface area contributed by atoms with Crippen LogP contribution in [0, 0.1) is 0 Å². The molecule has 1 unspecified atom stereocenters. The van der Waals surface area contributed by atoms with Crippen molar-refractivity contribution in [2.45, 2.75) is 19.9 Å². The number of rotatable bonds is 6. The summed E-state index contributed by atoms with van der Waals surface area (Å²) in [6.45, 7) is 5.54. The monoisotopic (exact) mass is 209 g/mol. The van der Waals surface area contributed by atoms with Gasteiger partial charge in [-0.1, -0.05) is 0 Å². The first-order valence-corrected chi connectivity index (χ1v) is 5.23. The van der Waals surface area contributed by atoms with Crippen molar-refractivity contribution in [1.29, 1.82) is 0 Å². The maximum atomic E-state index is 5.33. The van der Waals surface area contributed by atoms with Crippen LogP contribution in [0.3, 0.4) is 0 Å². The summed E-state index contributed by atoms with van der Waals surface area (Å²) in [7, 11) is 1.88. The van der Waals surface area contributed by atoms with Crippen LogP contribution in [0.2, 0.25) is 0 Å². The molecule has 0 spiro atoms. The second-order valence-electron chi connectivity index (χ2n) is 3.42. The quantitative estimate of drug-likeness (QED) is 0.752. The van der Waals surface area contributed by atoms with E-state index in [9.17, 15) is 0 Å². The molecule has 4 heteroatoms. The van der Waals surface area contributed by atoms with Crippen molar-refractivity contribution in [3.63, 3.8) is 0 Å². The molecule has 0 bridgehead atoms. The van der Waals surface area contributed by atoms with Crippen molar-refractivity contribution in [2.24, 2.45) is 0 Å². The van der Waals surface area contributed by atoms with Gasteiger partial charge < -0.3 is 15.4 Å². The molecule has 1 rings (SSSR count). The van der Waals surface area contributed by atoms with E-state index in [1.54, 1.807) is 6.20 Å². The highest BCUT2D eigenvalue weighted by atomic mass is 16.5. The molecule has 1 aromatic rings. The molecule has 4 nitrogen and oxygen atoms in total. The third-order valence-corrected chi connectivity index (χ3v) is 2.01. The summed E-state index contributed by atoms with van der Waals surface area (Å²) < 4.78 is 5.33. The van der Waals surface area contributed by atoms with Crippen LogP contribution in [-0.4, -0.2) is 31.3 Å². The summed E-state index contributed by atoms with van der Waals surface area (Å²) in [5.74, 6) is 0. The number of ether oxygens (including phenoxy) is 1. The summed E-state index contributed by atoms with van der Waals surface area (Å²) in [6, 6.07) is 2.31. The van der Waals surface area contributed by atoms with Crippen molar-refractivity contribution in [1.82, 2.24) is 4.98 Å². The Morgan fingerprint density at radius 3 is 2.80 bits per heavy atom. The van der Waals surface area contributed by atoms with E-state index in [1.165, 1.54) is 0 Å². The first kappa shape index (κ1) is 11.8. The Morgan fingerprint density at radius 1 is 1.40 bits per heavy atom. The van der Waals surface area contributed by atoms with Crippen LogP contribution in [0.1, 0.15) is 13.8 Å². The van der Waals surface area contributed by atoms with Gasteiger partial charge in [-0.15, -0.1) is 0 Å². The second kappa shape index (κ2) is 6.24. The number of hydrogen-bond donors (Lipinski definition) is 2. The molecule has 1 atom stereocenters. The number of pyridine rings is 1. The van der Waals surface area contributed by atoms with Gasteiger partial charge in [0.2, 0.25) is 0 Å². The Hall–Kier alpha value is -1.29. The summed E-state index contributed by atoms with van der Waals surface area (Å²) >= 11 is 0. The molecular weight excluding hydrogens is 190 g/mol. The minimum atomic E-state index is 0.291. The lowest BCUT2D eigenvalue weighted by Gasteiger charge is -2.15. The Kier molecular flexibility index (Phi) is 4.90. The van der Waals surface area contributed by atoms with Crippen LogP contribution < -0.4 is 10.6 Å². The molecule has 1 aromatic heterocycles. The Balaban J connectivity index is 2.48. The Morgan fingerprint density at radius 2 is 2.13 bits per heavy atom. The normalized spacial score (nSPS) is 12.2. The number of nitrogens with zero attached hydrogens (tertiary/aromatic N) is 1. The SMILES string of the molecule is CCOCC(C)Nc1cncc(NC)c1. The fraction of sp³-hybridized carbons (Fsp3) is 0.545. The topological polar surface area (TPSA) is 46.2 Å². The molecule has 1 heterocycles. The van der Waals surface area contributed by atoms with Gasteiger partial charge in [0.05, 0.1) is 30.4 Å². The smallest absolute Gasteiger partial charge is 0.0664 e. The van der Waals surface area contributed by atoms with E-state index in [1.807, 2.05) is 26.2 Å². The minimum absolute atomic E-state index is 0.291. The lowest BCUT2D eigenvalue weighted by molar-refractivity contribution is 0.141. The van der Waals surface area contributed by atoms with Crippen molar-refractivity contribution in [3.05, 3.63) is 18.5 Å². The number of nitrogens with one attached hydrogen (secondary N) is 2. The predicted octanol–water partition coefficient (Wildman–Crippen LogP) is 1.96. The second-order valence-corrected chi connectivity index (χ2v) is 3.42. The van der Waals surface area contributed by atoms with Gasteiger partial charge in [0, 0.05) is 19.7 Å². The highest BCUT2D eigenvalue weighted by Gasteiger charge is 2.02. The van der Waals surface area contributed by atoms with Crippen LogP contribution in [0.25, 0.3) is 0 Å². The van der Waals surface area contributed by atoms with Crippen molar-refractivity contribution < 1.29 is 4.74 Å². The van der Waals surface area contributed by atoms with Gasteiger partial charge in [-0.2, -0.15) is 0 Å². The summed E-state index contributed by atoms with van der Waals surface area (Å²) in [6.07, 6.45) is 3.60. The van der Waals surface area contributed by atoms with Crippen molar-refractivity contribution in [3.8, 4) is 0 Å². The summed E-state index contributed by atoms with van der Waals surface area (Å²) in [4.78, 5) is 4.12. The number of aromatic nitrogens is 1. The molecule has 0 aromatic carbocycles. The number of anilines is 2. The fourth-order valence-electron chi connectivity index (χ4n) is 1.28. The molecule has 0 aliphatic rings. The largest absolute Gasteiger partial charge is 0.387 e. The molecule has 0 amide bonds. The van der Waals surface area contributed by atoms with Gasteiger partial charge in [-0.25, -0.2) is 0 Å². The van der Waals surface area contributed by atoms with Gasteiger partial charge >= 0.3 is 0 Å². The van der Waals surface area contributed by atoms with Crippen LogP contribution in [-0.2, 0) is 4.74 Å². The number of hydrogen-bond acceptors (Lipinski definition) is 4. The first-order valence-electron chi connectivity index (χ1n) is 5.23. The summed E-state index contributed by atoms with van der Waals surface area (Å²) in [5, 5.41) is 6.37. The Bertz CT molecular complexity index is 291. The maximum absolute atomic E-state index is 5.33. The van der Waals surface area contributed by atoms with Gasteiger partial charge in [0.1, 0.15) is 0 Å². The van der Waals surface area contributed by atoms with E-state index in [4.69, 9.17) is 4.74 Å². The molecule has 84 valence electrons. The van der Waals surface area contributed by atoms with E-state index in [0.29, 0.717) is 12.6 Å². The zero-order valence-corrected chi connectivity index (χ0v) is 9.58. The Labute approximate surface area is 91.1 Å². The molecule has 0 radical (unpaired) electrons. The van der Waals surface area contributed by atoms with E-state index in [-0.39, 0.29) is 0 Å².